The Morgan fingerprint density at radius 2 is 2.06 bits per heavy atom. The lowest BCUT2D eigenvalue weighted by Gasteiger charge is -2.20. The minimum Gasteiger partial charge on any atom is -0.386 e. The Bertz CT molecular complexity index is 367. The standard InChI is InChI=1S/C15H23NO2/c1-12(2)14-5-3-13(4-6-14)9-16-10-15(17)7-8-18-11-15/h3-6,12,16-17H,7-11H2,1-2H3. The molecular formula is C15H23NO2. The summed E-state index contributed by atoms with van der Waals surface area (Å²) in [5.41, 5.74) is 1.95. The van der Waals surface area contributed by atoms with Crippen LogP contribution in [0.1, 0.15) is 37.3 Å². The highest BCUT2D eigenvalue weighted by molar-refractivity contribution is 5.24. The van der Waals surface area contributed by atoms with E-state index in [2.05, 4.69) is 43.4 Å². The second-order valence-electron chi connectivity index (χ2n) is 5.53. The zero-order valence-corrected chi connectivity index (χ0v) is 11.3. The van der Waals surface area contributed by atoms with Crippen molar-refractivity contribution in [2.24, 2.45) is 0 Å². The van der Waals surface area contributed by atoms with E-state index < -0.39 is 5.60 Å². The van der Waals surface area contributed by atoms with Crippen molar-refractivity contribution in [3.8, 4) is 0 Å². The molecule has 0 aliphatic carbocycles. The smallest absolute Gasteiger partial charge is 0.102 e. The maximum atomic E-state index is 10.1. The molecule has 1 fully saturated rings. The summed E-state index contributed by atoms with van der Waals surface area (Å²) in [6.07, 6.45) is 0.728. The van der Waals surface area contributed by atoms with Crippen molar-refractivity contribution in [3.05, 3.63) is 35.4 Å². The van der Waals surface area contributed by atoms with E-state index in [1.54, 1.807) is 0 Å². The first kappa shape index (κ1) is 13.5. The lowest BCUT2D eigenvalue weighted by molar-refractivity contribution is 0.0268. The van der Waals surface area contributed by atoms with Crippen molar-refractivity contribution < 1.29 is 9.84 Å². The molecule has 0 amide bonds. The van der Waals surface area contributed by atoms with Crippen LogP contribution in [0.15, 0.2) is 24.3 Å². The number of ether oxygens (including phenoxy) is 1. The van der Waals surface area contributed by atoms with Gasteiger partial charge in [0.15, 0.2) is 0 Å². The quantitative estimate of drug-likeness (QED) is 0.839. The largest absolute Gasteiger partial charge is 0.386 e. The van der Waals surface area contributed by atoms with Crippen LogP contribution in [0.25, 0.3) is 0 Å². The third-order valence-electron chi connectivity index (χ3n) is 3.51. The molecule has 1 atom stereocenters. The SMILES string of the molecule is CC(C)c1ccc(CNCC2(O)CCOC2)cc1. The van der Waals surface area contributed by atoms with Crippen molar-refractivity contribution >= 4 is 0 Å². The third-order valence-corrected chi connectivity index (χ3v) is 3.51. The van der Waals surface area contributed by atoms with E-state index in [1.165, 1.54) is 11.1 Å². The summed E-state index contributed by atoms with van der Waals surface area (Å²) in [5.74, 6) is 0.573. The van der Waals surface area contributed by atoms with Gasteiger partial charge in [0.05, 0.1) is 6.61 Å². The number of rotatable bonds is 5. The molecule has 0 bridgehead atoms. The lowest BCUT2D eigenvalue weighted by atomic mass is 10.0. The van der Waals surface area contributed by atoms with Crippen molar-refractivity contribution in [1.29, 1.82) is 0 Å². The first-order valence-corrected chi connectivity index (χ1v) is 6.69. The first-order chi connectivity index (χ1) is 8.59. The van der Waals surface area contributed by atoms with Crippen LogP contribution in [-0.2, 0) is 11.3 Å². The van der Waals surface area contributed by atoms with Crippen molar-refractivity contribution in [3.63, 3.8) is 0 Å². The van der Waals surface area contributed by atoms with Gasteiger partial charge in [0, 0.05) is 26.1 Å². The monoisotopic (exact) mass is 249 g/mol. The number of hydrogen-bond acceptors (Lipinski definition) is 3. The Balaban J connectivity index is 1.79. The molecule has 1 saturated heterocycles. The number of aliphatic hydroxyl groups is 1. The van der Waals surface area contributed by atoms with Gasteiger partial charge in [0.1, 0.15) is 5.60 Å². The minimum absolute atomic E-state index is 0.451. The molecule has 2 rings (SSSR count). The molecule has 18 heavy (non-hydrogen) atoms. The number of benzene rings is 1. The van der Waals surface area contributed by atoms with E-state index in [0.29, 0.717) is 25.7 Å². The second-order valence-corrected chi connectivity index (χ2v) is 5.53. The van der Waals surface area contributed by atoms with Gasteiger partial charge in [0.2, 0.25) is 0 Å². The van der Waals surface area contributed by atoms with Crippen LogP contribution < -0.4 is 5.32 Å². The molecule has 0 radical (unpaired) electrons. The van der Waals surface area contributed by atoms with Crippen LogP contribution >= 0.6 is 0 Å². The Labute approximate surface area is 109 Å². The van der Waals surface area contributed by atoms with Gasteiger partial charge in [-0.2, -0.15) is 0 Å². The fourth-order valence-corrected chi connectivity index (χ4v) is 2.20. The second kappa shape index (κ2) is 5.83. The van der Waals surface area contributed by atoms with Crippen LogP contribution in [0.4, 0.5) is 0 Å². The summed E-state index contributed by atoms with van der Waals surface area (Å²) in [4.78, 5) is 0. The van der Waals surface area contributed by atoms with Crippen molar-refractivity contribution in [2.75, 3.05) is 19.8 Å². The van der Waals surface area contributed by atoms with E-state index in [1.807, 2.05) is 0 Å². The molecule has 3 heteroatoms. The van der Waals surface area contributed by atoms with E-state index in [9.17, 15) is 5.11 Å². The van der Waals surface area contributed by atoms with Crippen LogP contribution in [-0.4, -0.2) is 30.5 Å². The molecule has 1 heterocycles. The summed E-state index contributed by atoms with van der Waals surface area (Å²) in [6.45, 7) is 6.90. The predicted molar refractivity (Wildman–Crippen MR) is 72.6 cm³/mol. The molecule has 0 saturated carbocycles. The fraction of sp³-hybridized carbons (Fsp3) is 0.600. The highest BCUT2D eigenvalue weighted by atomic mass is 16.5. The highest BCUT2D eigenvalue weighted by Crippen LogP contribution is 2.17. The topological polar surface area (TPSA) is 41.5 Å². The molecule has 0 aromatic heterocycles. The molecule has 1 aromatic carbocycles. The zero-order chi connectivity index (χ0) is 13.0. The van der Waals surface area contributed by atoms with E-state index in [4.69, 9.17) is 4.74 Å². The minimum atomic E-state index is -0.669. The molecule has 1 unspecified atom stereocenters. The van der Waals surface area contributed by atoms with E-state index in [0.717, 1.165) is 13.0 Å². The fourth-order valence-electron chi connectivity index (χ4n) is 2.20. The van der Waals surface area contributed by atoms with Crippen molar-refractivity contribution in [2.45, 2.75) is 38.3 Å². The Kier molecular flexibility index (Phi) is 4.38. The lowest BCUT2D eigenvalue weighted by Crippen LogP contribution is -2.40. The van der Waals surface area contributed by atoms with Gasteiger partial charge in [-0.15, -0.1) is 0 Å². The average Bonchev–Trinajstić information content (AvgIpc) is 2.77. The first-order valence-electron chi connectivity index (χ1n) is 6.69. The predicted octanol–water partition coefficient (Wildman–Crippen LogP) is 2.05. The van der Waals surface area contributed by atoms with E-state index in [-0.39, 0.29) is 0 Å². The van der Waals surface area contributed by atoms with Gasteiger partial charge in [-0.3, -0.25) is 0 Å². The maximum absolute atomic E-state index is 10.1. The van der Waals surface area contributed by atoms with Gasteiger partial charge in [0.25, 0.3) is 0 Å². The van der Waals surface area contributed by atoms with Gasteiger partial charge in [-0.25, -0.2) is 0 Å². The number of nitrogens with one attached hydrogen (secondary N) is 1. The molecule has 1 aromatic rings. The van der Waals surface area contributed by atoms with Gasteiger partial charge in [-0.05, 0) is 17.0 Å². The highest BCUT2D eigenvalue weighted by Gasteiger charge is 2.31. The van der Waals surface area contributed by atoms with E-state index >= 15 is 0 Å². The Morgan fingerprint density at radius 1 is 1.33 bits per heavy atom. The normalized spacial score (nSPS) is 23.8. The summed E-state index contributed by atoms with van der Waals surface area (Å²) >= 11 is 0. The van der Waals surface area contributed by atoms with Crippen LogP contribution in [0.3, 0.4) is 0 Å². The molecule has 1 aliphatic rings. The van der Waals surface area contributed by atoms with Crippen molar-refractivity contribution in [1.82, 2.24) is 5.32 Å². The summed E-state index contributed by atoms with van der Waals surface area (Å²) in [5, 5.41) is 13.4. The van der Waals surface area contributed by atoms with Crippen LogP contribution in [0, 0.1) is 0 Å². The molecule has 0 spiro atoms. The van der Waals surface area contributed by atoms with Gasteiger partial charge >= 0.3 is 0 Å². The summed E-state index contributed by atoms with van der Waals surface area (Å²) in [6, 6.07) is 8.65. The zero-order valence-electron chi connectivity index (χ0n) is 11.3. The van der Waals surface area contributed by atoms with Crippen LogP contribution in [0.5, 0.6) is 0 Å². The van der Waals surface area contributed by atoms with Crippen LogP contribution in [0.2, 0.25) is 0 Å². The molecule has 100 valence electrons. The Morgan fingerprint density at radius 3 is 2.61 bits per heavy atom. The number of hydrogen-bond donors (Lipinski definition) is 2. The summed E-state index contributed by atoms with van der Waals surface area (Å²) in [7, 11) is 0. The maximum Gasteiger partial charge on any atom is 0.102 e. The molecule has 3 nitrogen and oxygen atoms in total. The Hall–Kier alpha value is -0.900. The summed E-state index contributed by atoms with van der Waals surface area (Å²) < 4.78 is 5.21. The third kappa shape index (κ3) is 3.55. The van der Waals surface area contributed by atoms with Gasteiger partial charge < -0.3 is 15.2 Å². The average molecular weight is 249 g/mol. The molecule has 1 aliphatic heterocycles. The molecule has 2 N–H and O–H groups in total. The molecular weight excluding hydrogens is 226 g/mol. The van der Waals surface area contributed by atoms with Gasteiger partial charge in [-0.1, -0.05) is 38.1 Å².